The molecule has 0 heterocycles. The van der Waals surface area contributed by atoms with Gasteiger partial charge in [-0.1, -0.05) is 7.43 Å². The van der Waals surface area contributed by atoms with Gasteiger partial charge in [0.25, 0.3) is 0 Å². The summed E-state index contributed by atoms with van der Waals surface area (Å²) in [5.74, 6) is 0. The molecule has 15 heavy (non-hydrogen) atoms. The van der Waals surface area contributed by atoms with Gasteiger partial charge >= 0.3 is 0 Å². The molecule has 7 N–H and O–H groups in total. The van der Waals surface area contributed by atoms with E-state index in [-0.39, 0.29) is 12.8 Å². The molecule has 0 amide bonds. The second-order valence-electron chi connectivity index (χ2n) is 3.97. The average Bonchev–Trinajstić information content (AvgIpc) is 2.16. The van der Waals surface area contributed by atoms with E-state index >= 15 is 0 Å². The van der Waals surface area contributed by atoms with E-state index in [0.29, 0.717) is 0 Å². The second-order valence-corrected chi connectivity index (χ2v) is 3.97. The lowest BCUT2D eigenvalue weighted by Crippen LogP contribution is -2.33. The zero-order chi connectivity index (χ0) is 10.9. The number of rotatable bonds is 9. The Bertz CT molecular complexity index is 111. The van der Waals surface area contributed by atoms with Crippen LogP contribution in [-0.2, 0) is 0 Å². The Labute approximate surface area is 95.0 Å². The van der Waals surface area contributed by atoms with Crippen molar-refractivity contribution in [3.05, 3.63) is 0 Å². The lowest BCUT2D eigenvalue weighted by atomic mass is 9.75. The van der Waals surface area contributed by atoms with Crippen LogP contribution < -0.4 is 22.5 Å². The highest BCUT2D eigenvalue weighted by molar-refractivity contribution is 4.81. The van der Waals surface area contributed by atoms with Gasteiger partial charge in [-0.25, -0.2) is 0 Å². The lowest BCUT2D eigenvalue weighted by molar-refractivity contribution is 0.210. The third kappa shape index (κ3) is 6.84. The number of hydrogen-bond acceptors (Lipinski definition) is 4. The van der Waals surface area contributed by atoms with Gasteiger partial charge in [0.05, 0.1) is 0 Å². The van der Waals surface area contributed by atoms with Gasteiger partial charge in [-0.15, -0.1) is 0 Å². The minimum Gasteiger partial charge on any atom is -0.330 e. The van der Waals surface area contributed by atoms with Crippen LogP contribution in [0.15, 0.2) is 0 Å². The summed E-state index contributed by atoms with van der Waals surface area (Å²) in [6.45, 7) is 3.19. The maximum atomic E-state index is 5.64. The van der Waals surface area contributed by atoms with Crippen LogP contribution >= 0.6 is 0 Å². The first-order valence-corrected chi connectivity index (χ1v) is 5.49. The molecule has 0 bridgehead atoms. The Morgan fingerprint density at radius 3 is 1.53 bits per heavy atom. The summed E-state index contributed by atoms with van der Waals surface area (Å²) < 4.78 is 0. The van der Waals surface area contributed by atoms with Gasteiger partial charge in [0.2, 0.25) is 0 Å². The minimum absolute atomic E-state index is 0. The van der Waals surface area contributed by atoms with E-state index in [1.807, 2.05) is 7.05 Å². The van der Waals surface area contributed by atoms with Crippen molar-refractivity contribution in [3.63, 3.8) is 0 Å². The van der Waals surface area contributed by atoms with Crippen molar-refractivity contribution in [2.75, 3.05) is 33.2 Å². The van der Waals surface area contributed by atoms with Crippen molar-refractivity contribution in [1.82, 2.24) is 5.32 Å². The van der Waals surface area contributed by atoms with Crippen LogP contribution in [0.2, 0.25) is 0 Å². The van der Waals surface area contributed by atoms with E-state index in [2.05, 4.69) is 5.32 Å². The molecule has 0 spiro atoms. The molecule has 0 saturated carbocycles. The molecular formula is C11H30N4. The van der Waals surface area contributed by atoms with Crippen LogP contribution in [0.3, 0.4) is 0 Å². The molecule has 0 aliphatic heterocycles. The number of nitrogens with one attached hydrogen (secondary N) is 1. The van der Waals surface area contributed by atoms with Gasteiger partial charge in [-0.2, -0.15) is 0 Å². The fourth-order valence-corrected chi connectivity index (χ4v) is 2.06. The summed E-state index contributed by atoms with van der Waals surface area (Å²) in [7, 11) is 1.97. The molecule has 0 aliphatic carbocycles. The first kappa shape index (κ1) is 17.2. The third-order valence-electron chi connectivity index (χ3n) is 2.93. The summed E-state index contributed by atoms with van der Waals surface area (Å²) in [6.07, 6.45) is 4.21. The van der Waals surface area contributed by atoms with Crippen molar-refractivity contribution in [2.45, 2.75) is 33.1 Å². The predicted molar refractivity (Wildman–Crippen MR) is 68.7 cm³/mol. The summed E-state index contributed by atoms with van der Waals surface area (Å²) >= 11 is 0. The van der Waals surface area contributed by atoms with E-state index in [9.17, 15) is 0 Å². The van der Waals surface area contributed by atoms with E-state index in [1.165, 1.54) is 0 Å². The smallest absolute Gasteiger partial charge is 0.00466 e. The van der Waals surface area contributed by atoms with Crippen LogP contribution in [0, 0.1) is 5.41 Å². The predicted octanol–water partition coefficient (Wildman–Crippen LogP) is 0.265. The Kier molecular flexibility index (Phi) is 11.9. The zero-order valence-electron chi connectivity index (χ0n) is 9.39. The first-order valence-electron chi connectivity index (χ1n) is 5.49. The Balaban J connectivity index is 0. The Morgan fingerprint density at radius 1 is 0.867 bits per heavy atom. The maximum absolute atomic E-state index is 5.64. The molecule has 0 radical (unpaired) electrons. The number of hydrogen-bond donors (Lipinski definition) is 4. The Hall–Kier alpha value is -0.160. The van der Waals surface area contributed by atoms with Gasteiger partial charge < -0.3 is 22.5 Å². The SMILES string of the molecule is C.CNCCC(CCN)(CCN)CCN. The van der Waals surface area contributed by atoms with Crippen LogP contribution in [0.4, 0.5) is 0 Å². The van der Waals surface area contributed by atoms with E-state index < -0.39 is 0 Å². The van der Waals surface area contributed by atoms with Crippen molar-refractivity contribution < 1.29 is 0 Å². The zero-order valence-corrected chi connectivity index (χ0v) is 9.39. The molecule has 0 rings (SSSR count). The molecule has 0 aromatic rings. The topological polar surface area (TPSA) is 90.1 Å². The highest BCUT2D eigenvalue weighted by atomic mass is 14.8. The average molecular weight is 218 g/mol. The highest BCUT2D eigenvalue weighted by Crippen LogP contribution is 2.33. The largest absolute Gasteiger partial charge is 0.330 e. The molecule has 0 aromatic carbocycles. The van der Waals surface area contributed by atoms with E-state index in [4.69, 9.17) is 17.2 Å². The van der Waals surface area contributed by atoms with Crippen molar-refractivity contribution in [3.8, 4) is 0 Å². The molecule has 94 valence electrons. The monoisotopic (exact) mass is 218 g/mol. The summed E-state index contributed by atoms with van der Waals surface area (Å²) in [6, 6.07) is 0. The lowest BCUT2D eigenvalue weighted by Gasteiger charge is -2.33. The van der Waals surface area contributed by atoms with Gasteiger partial charge in [0.1, 0.15) is 0 Å². The van der Waals surface area contributed by atoms with Crippen LogP contribution in [0.1, 0.15) is 33.1 Å². The summed E-state index contributed by atoms with van der Waals surface area (Å²) in [5.41, 5.74) is 17.2. The normalized spacial score (nSPS) is 11.2. The van der Waals surface area contributed by atoms with E-state index in [0.717, 1.165) is 51.9 Å². The van der Waals surface area contributed by atoms with Crippen molar-refractivity contribution in [1.29, 1.82) is 0 Å². The molecule has 4 heteroatoms. The molecule has 4 nitrogen and oxygen atoms in total. The van der Waals surface area contributed by atoms with Gasteiger partial charge in [-0.05, 0) is 64.3 Å². The molecule has 0 unspecified atom stereocenters. The minimum atomic E-state index is 0. The molecule has 0 aromatic heterocycles. The quantitative estimate of drug-likeness (QED) is 0.447. The van der Waals surface area contributed by atoms with Crippen LogP contribution in [0.25, 0.3) is 0 Å². The summed E-state index contributed by atoms with van der Waals surface area (Å²) in [4.78, 5) is 0. The van der Waals surface area contributed by atoms with Crippen molar-refractivity contribution >= 4 is 0 Å². The fourth-order valence-electron chi connectivity index (χ4n) is 2.06. The molecular weight excluding hydrogens is 188 g/mol. The fraction of sp³-hybridized carbons (Fsp3) is 1.00. The number of nitrogens with two attached hydrogens (primary N) is 3. The van der Waals surface area contributed by atoms with Gasteiger partial charge in [0.15, 0.2) is 0 Å². The Morgan fingerprint density at radius 2 is 1.27 bits per heavy atom. The van der Waals surface area contributed by atoms with Crippen LogP contribution in [0.5, 0.6) is 0 Å². The maximum Gasteiger partial charge on any atom is -0.00466 e. The van der Waals surface area contributed by atoms with Gasteiger partial charge in [-0.3, -0.25) is 0 Å². The molecule has 0 fully saturated rings. The van der Waals surface area contributed by atoms with Crippen LogP contribution in [-0.4, -0.2) is 33.2 Å². The third-order valence-corrected chi connectivity index (χ3v) is 2.93. The molecule has 0 aliphatic rings. The molecule has 0 saturated heterocycles. The van der Waals surface area contributed by atoms with E-state index in [1.54, 1.807) is 0 Å². The molecule has 0 atom stereocenters. The summed E-state index contributed by atoms with van der Waals surface area (Å²) in [5, 5.41) is 3.18. The highest BCUT2D eigenvalue weighted by Gasteiger charge is 2.26. The first-order chi connectivity index (χ1) is 6.74. The van der Waals surface area contributed by atoms with Crippen molar-refractivity contribution in [2.24, 2.45) is 22.6 Å². The second kappa shape index (κ2) is 10.4. The van der Waals surface area contributed by atoms with Gasteiger partial charge in [0, 0.05) is 0 Å². The standard InChI is InChI=1S/C10H26N4.CH4/c1-14-9-5-10(2-6-11,3-7-12)4-8-13;/h14H,2-9,11-13H2,1H3;1H4.